The summed E-state index contributed by atoms with van der Waals surface area (Å²) in [6, 6.07) is 1.83. The van der Waals surface area contributed by atoms with Gasteiger partial charge in [0.15, 0.2) is 0 Å². The van der Waals surface area contributed by atoms with Crippen molar-refractivity contribution in [2.45, 2.75) is 64.1 Å². The highest BCUT2D eigenvalue weighted by Gasteiger charge is 2.39. The van der Waals surface area contributed by atoms with Crippen LogP contribution in [0.25, 0.3) is 0 Å². The molecule has 1 aromatic rings. The molecule has 0 aromatic carbocycles. The Morgan fingerprint density at radius 2 is 2.04 bits per heavy atom. The van der Waals surface area contributed by atoms with Crippen molar-refractivity contribution in [1.82, 2.24) is 9.88 Å². The highest BCUT2D eigenvalue weighted by molar-refractivity contribution is 5.97. The first-order chi connectivity index (χ1) is 12.3. The first-order valence-electron chi connectivity index (χ1n) is 9.15. The molecular weight excluding hydrogens is 330 g/mol. The molecule has 140 valence electrons. The van der Waals surface area contributed by atoms with E-state index in [-0.39, 0.29) is 17.0 Å². The minimum Gasteiger partial charge on any atom is -0.390 e. The highest BCUT2D eigenvalue weighted by Crippen LogP contribution is 2.35. The summed E-state index contributed by atoms with van der Waals surface area (Å²) in [5, 5.41) is 6.36. The predicted octanol–water partition coefficient (Wildman–Crippen LogP) is 2.07. The maximum absolute atomic E-state index is 13.2. The molecule has 1 aliphatic heterocycles. The average molecular weight is 357 g/mol. The van der Waals surface area contributed by atoms with Gasteiger partial charge >= 0.3 is 0 Å². The number of hydrogen-bond acceptors (Lipinski definition) is 4. The second-order valence-electron chi connectivity index (χ2n) is 7.54. The Morgan fingerprint density at radius 3 is 2.65 bits per heavy atom. The molecule has 2 aliphatic rings. The number of rotatable bonds is 5. The summed E-state index contributed by atoms with van der Waals surface area (Å²) in [5.74, 6) is -0.191. The largest absolute Gasteiger partial charge is 0.390 e. The van der Waals surface area contributed by atoms with Crippen LogP contribution >= 0.6 is 0 Å². The highest BCUT2D eigenvalue weighted by atomic mass is 16.2. The number of aromatic nitrogens is 1. The van der Waals surface area contributed by atoms with Gasteiger partial charge in [0.05, 0.1) is 11.9 Å². The third-order valence-corrected chi connectivity index (χ3v) is 5.30. The van der Waals surface area contributed by atoms with E-state index >= 15 is 0 Å². The van der Waals surface area contributed by atoms with Crippen LogP contribution in [0.15, 0.2) is 28.1 Å². The number of pyridine rings is 1. The van der Waals surface area contributed by atoms with Gasteiger partial charge in [0.25, 0.3) is 11.5 Å². The first-order valence-corrected chi connectivity index (χ1v) is 9.15. The van der Waals surface area contributed by atoms with Crippen molar-refractivity contribution >= 4 is 17.9 Å². The van der Waals surface area contributed by atoms with Crippen LogP contribution in [0.5, 0.6) is 0 Å². The number of carbonyl (C=O) groups excluding carboxylic acids is 1. The standard InChI is InChI=1S/C19H27N5O2/c1-4-13-11-14(17(26)24-15(13)16(25)23-18(24,2)3)22-19(7-5-6-8-19)9-10-21-12-20/h9-12,22H,4-8H2,1-3H3,(H2,20,21)(H,23,25)/b10-9-. The summed E-state index contributed by atoms with van der Waals surface area (Å²) in [4.78, 5) is 29.5. The summed E-state index contributed by atoms with van der Waals surface area (Å²) in [6.07, 6.45) is 9.61. The van der Waals surface area contributed by atoms with Crippen molar-refractivity contribution in [2.75, 3.05) is 5.32 Å². The van der Waals surface area contributed by atoms with Crippen molar-refractivity contribution in [3.8, 4) is 0 Å². The minimum absolute atomic E-state index is 0.178. The Bertz CT molecular complexity index is 829. The van der Waals surface area contributed by atoms with Crippen LogP contribution in [0.1, 0.15) is 62.5 Å². The number of nitrogens with zero attached hydrogens (tertiary/aromatic N) is 2. The monoisotopic (exact) mass is 357 g/mol. The predicted molar refractivity (Wildman–Crippen MR) is 104 cm³/mol. The molecule has 26 heavy (non-hydrogen) atoms. The van der Waals surface area contributed by atoms with Crippen LogP contribution < -0.4 is 21.9 Å². The molecule has 7 heteroatoms. The number of amides is 1. The molecule has 0 atom stereocenters. The molecule has 1 fully saturated rings. The van der Waals surface area contributed by atoms with E-state index in [9.17, 15) is 9.59 Å². The zero-order valence-electron chi connectivity index (χ0n) is 15.6. The van der Waals surface area contributed by atoms with Gasteiger partial charge in [-0.05, 0) is 50.8 Å². The number of aliphatic imine (C=N–C) groups is 1. The Morgan fingerprint density at radius 1 is 1.35 bits per heavy atom. The number of nitrogens with two attached hydrogens (primary N) is 1. The maximum Gasteiger partial charge on any atom is 0.276 e. The molecule has 0 spiro atoms. The molecule has 1 aromatic heterocycles. The van der Waals surface area contributed by atoms with Gasteiger partial charge in [0.2, 0.25) is 0 Å². The molecule has 1 aliphatic carbocycles. The molecule has 1 amide bonds. The van der Waals surface area contributed by atoms with E-state index in [0.29, 0.717) is 17.8 Å². The second kappa shape index (κ2) is 6.63. The maximum atomic E-state index is 13.2. The van der Waals surface area contributed by atoms with Gasteiger partial charge in [-0.1, -0.05) is 19.8 Å². The SMILES string of the molecule is CCc1cc(NC2(/C=C\N=CN)CCCC2)c(=O)n2c1C(=O)NC2(C)C. The lowest BCUT2D eigenvalue weighted by molar-refractivity contribution is 0.0934. The number of fused-ring (bicyclic) bond motifs is 1. The first kappa shape index (κ1) is 18.2. The second-order valence-corrected chi connectivity index (χ2v) is 7.54. The number of carbonyl (C=O) groups is 1. The van der Waals surface area contributed by atoms with Gasteiger partial charge in [-0.3, -0.25) is 14.2 Å². The summed E-state index contributed by atoms with van der Waals surface area (Å²) < 4.78 is 1.58. The van der Waals surface area contributed by atoms with Crippen molar-refractivity contribution in [1.29, 1.82) is 0 Å². The fraction of sp³-hybridized carbons (Fsp3) is 0.526. The molecule has 0 bridgehead atoms. The summed E-state index contributed by atoms with van der Waals surface area (Å²) in [7, 11) is 0. The average Bonchev–Trinajstić information content (AvgIpc) is 3.13. The normalized spacial score (nSPS) is 20.7. The van der Waals surface area contributed by atoms with Gasteiger partial charge < -0.3 is 16.4 Å². The molecule has 4 N–H and O–H groups in total. The Kier molecular flexibility index (Phi) is 4.64. The topological polar surface area (TPSA) is 102 Å². The fourth-order valence-electron chi connectivity index (χ4n) is 4.05. The number of nitrogens with one attached hydrogen (secondary N) is 2. The van der Waals surface area contributed by atoms with Crippen LogP contribution in [0, 0.1) is 0 Å². The van der Waals surface area contributed by atoms with E-state index < -0.39 is 5.66 Å². The Labute approximate surface area is 153 Å². The molecule has 2 heterocycles. The van der Waals surface area contributed by atoms with E-state index in [4.69, 9.17) is 5.73 Å². The van der Waals surface area contributed by atoms with E-state index in [1.807, 2.05) is 32.9 Å². The quantitative estimate of drug-likeness (QED) is 0.554. The third kappa shape index (κ3) is 3.02. The van der Waals surface area contributed by atoms with E-state index in [0.717, 1.165) is 31.2 Å². The fourth-order valence-corrected chi connectivity index (χ4v) is 4.05. The van der Waals surface area contributed by atoms with Crippen molar-refractivity contribution < 1.29 is 4.79 Å². The lowest BCUT2D eigenvalue weighted by Gasteiger charge is -2.29. The number of hydrogen-bond donors (Lipinski definition) is 3. The lowest BCUT2D eigenvalue weighted by Crippen LogP contribution is -2.44. The summed E-state index contributed by atoms with van der Waals surface area (Å²) in [6.45, 7) is 5.67. The van der Waals surface area contributed by atoms with Crippen LogP contribution in [0.4, 0.5) is 5.69 Å². The molecular formula is C19H27N5O2. The van der Waals surface area contributed by atoms with Crippen LogP contribution in [-0.2, 0) is 12.1 Å². The van der Waals surface area contributed by atoms with Crippen molar-refractivity contribution in [3.63, 3.8) is 0 Å². The molecule has 0 unspecified atom stereocenters. The van der Waals surface area contributed by atoms with Gasteiger partial charge in [-0.15, -0.1) is 0 Å². The zero-order chi connectivity index (χ0) is 18.9. The van der Waals surface area contributed by atoms with Gasteiger partial charge in [-0.2, -0.15) is 0 Å². The van der Waals surface area contributed by atoms with Gasteiger partial charge in [0.1, 0.15) is 17.0 Å². The third-order valence-electron chi connectivity index (χ3n) is 5.30. The van der Waals surface area contributed by atoms with Crippen LogP contribution in [-0.4, -0.2) is 22.4 Å². The smallest absolute Gasteiger partial charge is 0.276 e. The Balaban J connectivity index is 2.09. The Hall–Kier alpha value is -2.57. The van der Waals surface area contributed by atoms with Crippen molar-refractivity contribution in [2.24, 2.45) is 10.7 Å². The van der Waals surface area contributed by atoms with Gasteiger partial charge in [-0.25, -0.2) is 4.99 Å². The van der Waals surface area contributed by atoms with Crippen LogP contribution in [0.3, 0.4) is 0 Å². The van der Waals surface area contributed by atoms with E-state index in [1.165, 1.54) is 6.34 Å². The number of aryl methyl sites for hydroxylation is 1. The number of anilines is 1. The van der Waals surface area contributed by atoms with E-state index in [2.05, 4.69) is 15.6 Å². The van der Waals surface area contributed by atoms with E-state index in [1.54, 1.807) is 10.8 Å². The molecule has 3 rings (SSSR count). The molecule has 1 saturated carbocycles. The lowest BCUT2D eigenvalue weighted by atomic mass is 9.96. The minimum atomic E-state index is -0.742. The van der Waals surface area contributed by atoms with Crippen molar-refractivity contribution in [3.05, 3.63) is 40.0 Å². The van der Waals surface area contributed by atoms with Crippen LogP contribution in [0.2, 0.25) is 0 Å². The summed E-state index contributed by atoms with van der Waals surface area (Å²) >= 11 is 0. The zero-order valence-corrected chi connectivity index (χ0v) is 15.6. The summed E-state index contributed by atoms with van der Waals surface area (Å²) in [5.41, 5.74) is 5.95. The molecule has 0 saturated heterocycles. The molecule has 0 radical (unpaired) electrons. The molecule has 7 nitrogen and oxygen atoms in total. The van der Waals surface area contributed by atoms with Gasteiger partial charge in [0, 0.05) is 6.20 Å².